The van der Waals surface area contributed by atoms with Gasteiger partial charge in [0.25, 0.3) is 5.91 Å². The number of benzene rings is 1. The number of carbonyl (C=O) groups is 2. The van der Waals surface area contributed by atoms with Gasteiger partial charge in [0.1, 0.15) is 11.8 Å². The molecule has 0 aliphatic carbocycles. The smallest absolute Gasteiger partial charge is 0.328 e. The van der Waals surface area contributed by atoms with Crippen molar-refractivity contribution in [2.45, 2.75) is 19.4 Å². The Balaban J connectivity index is 2.52. The summed E-state index contributed by atoms with van der Waals surface area (Å²) in [5.41, 5.74) is 0.868. The van der Waals surface area contributed by atoms with Crippen LogP contribution < -0.4 is 10.1 Å². The molecule has 0 unspecified atom stereocenters. The van der Waals surface area contributed by atoms with E-state index in [4.69, 9.17) is 16.3 Å². The summed E-state index contributed by atoms with van der Waals surface area (Å²) in [5, 5.41) is 3.26. The van der Waals surface area contributed by atoms with Crippen molar-refractivity contribution in [1.29, 1.82) is 0 Å². The largest absolute Gasteiger partial charge is 0.484 e. The van der Waals surface area contributed by atoms with E-state index in [1.165, 1.54) is 7.11 Å². The van der Waals surface area contributed by atoms with Crippen molar-refractivity contribution < 1.29 is 19.1 Å². The van der Waals surface area contributed by atoms with E-state index in [9.17, 15) is 9.59 Å². The quantitative estimate of drug-likeness (QED) is 0.733. The molecule has 0 aliphatic heterocycles. The van der Waals surface area contributed by atoms with Gasteiger partial charge >= 0.3 is 5.97 Å². The molecule has 1 rings (SSSR count). The third-order valence-electron chi connectivity index (χ3n) is 2.93. The summed E-state index contributed by atoms with van der Waals surface area (Å²) in [5.74, 6) is 0.474. The van der Waals surface area contributed by atoms with Gasteiger partial charge in [-0.05, 0) is 49.1 Å². The number of aryl methyl sites for hydroxylation is 1. The fourth-order valence-corrected chi connectivity index (χ4v) is 2.31. The van der Waals surface area contributed by atoms with Crippen LogP contribution in [-0.4, -0.2) is 43.6 Å². The number of hydrogen-bond acceptors (Lipinski definition) is 5. The zero-order valence-corrected chi connectivity index (χ0v) is 14.4. The van der Waals surface area contributed by atoms with Crippen LogP contribution in [0.4, 0.5) is 0 Å². The van der Waals surface area contributed by atoms with Gasteiger partial charge in [-0.3, -0.25) is 4.79 Å². The van der Waals surface area contributed by atoms with Gasteiger partial charge in [0.15, 0.2) is 6.61 Å². The SMILES string of the molecule is COC(=O)[C@H](CCSC)NC(=O)COc1ccc(Cl)c(C)c1. The number of esters is 1. The molecule has 0 aliphatic rings. The van der Waals surface area contributed by atoms with Crippen LogP contribution in [0, 0.1) is 6.92 Å². The predicted molar refractivity (Wildman–Crippen MR) is 88.6 cm³/mol. The van der Waals surface area contributed by atoms with Crippen molar-refractivity contribution in [2.24, 2.45) is 0 Å². The number of carbonyl (C=O) groups excluding carboxylic acids is 2. The molecule has 1 atom stereocenters. The molecule has 22 heavy (non-hydrogen) atoms. The molecule has 1 aromatic rings. The molecular weight excluding hydrogens is 326 g/mol. The summed E-state index contributed by atoms with van der Waals surface area (Å²) in [6, 6.07) is 4.50. The highest BCUT2D eigenvalue weighted by atomic mass is 35.5. The van der Waals surface area contributed by atoms with Crippen LogP contribution in [0.2, 0.25) is 5.02 Å². The van der Waals surface area contributed by atoms with Gasteiger partial charge in [-0.2, -0.15) is 11.8 Å². The molecule has 0 saturated heterocycles. The van der Waals surface area contributed by atoms with E-state index in [0.717, 1.165) is 11.3 Å². The molecule has 0 heterocycles. The first-order valence-electron chi connectivity index (χ1n) is 6.73. The Morgan fingerprint density at radius 2 is 2.14 bits per heavy atom. The monoisotopic (exact) mass is 345 g/mol. The zero-order valence-electron chi connectivity index (χ0n) is 12.8. The average Bonchev–Trinajstić information content (AvgIpc) is 2.51. The second-order valence-electron chi connectivity index (χ2n) is 4.62. The van der Waals surface area contributed by atoms with Crippen molar-refractivity contribution in [2.75, 3.05) is 25.7 Å². The van der Waals surface area contributed by atoms with Crippen LogP contribution in [0.15, 0.2) is 18.2 Å². The molecule has 0 saturated carbocycles. The van der Waals surface area contributed by atoms with E-state index in [-0.39, 0.29) is 12.5 Å². The lowest BCUT2D eigenvalue weighted by atomic mass is 10.2. The standard InChI is InChI=1S/C15H20ClNO4S/c1-10-8-11(4-5-12(10)16)21-9-14(18)17-13(6-7-22-3)15(19)20-2/h4-5,8,13H,6-7,9H2,1-3H3,(H,17,18)/t13-/m0/s1. The fourth-order valence-electron chi connectivity index (χ4n) is 1.72. The van der Waals surface area contributed by atoms with Crippen molar-refractivity contribution >= 4 is 35.2 Å². The number of thioether (sulfide) groups is 1. The molecule has 1 N–H and O–H groups in total. The minimum absolute atomic E-state index is 0.173. The lowest BCUT2D eigenvalue weighted by Gasteiger charge is -2.16. The number of amides is 1. The van der Waals surface area contributed by atoms with Gasteiger partial charge in [-0.15, -0.1) is 0 Å². The zero-order chi connectivity index (χ0) is 16.5. The Kier molecular flexibility index (Phi) is 8.12. The maximum absolute atomic E-state index is 11.9. The van der Waals surface area contributed by atoms with E-state index >= 15 is 0 Å². The van der Waals surface area contributed by atoms with E-state index < -0.39 is 12.0 Å². The van der Waals surface area contributed by atoms with Gasteiger partial charge in [0.05, 0.1) is 7.11 Å². The summed E-state index contributed by atoms with van der Waals surface area (Å²) in [7, 11) is 1.30. The van der Waals surface area contributed by atoms with E-state index in [2.05, 4.69) is 10.1 Å². The van der Waals surface area contributed by atoms with Crippen LogP contribution in [0.5, 0.6) is 5.75 Å². The van der Waals surface area contributed by atoms with Crippen LogP contribution in [0.1, 0.15) is 12.0 Å². The predicted octanol–water partition coefficient (Wildman–Crippen LogP) is 2.44. The highest BCUT2D eigenvalue weighted by Crippen LogP contribution is 2.20. The van der Waals surface area contributed by atoms with Crippen LogP contribution in [0.25, 0.3) is 0 Å². The molecule has 0 spiro atoms. The molecule has 0 bridgehead atoms. The first kappa shape index (κ1) is 18.6. The van der Waals surface area contributed by atoms with Crippen molar-refractivity contribution in [3.63, 3.8) is 0 Å². The van der Waals surface area contributed by atoms with Crippen molar-refractivity contribution in [1.82, 2.24) is 5.32 Å². The first-order valence-corrected chi connectivity index (χ1v) is 8.50. The van der Waals surface area contributed by atoms with Gasteiger partial charge in [0, 0.05) is 5.02 Å². The highest BCUT2D eigenvalue weighted by Gasteiger charge is 2.21. The number of methoxy groups -OCH3 is 1. The minimum atomic E-state index is -0.652. The topological polar surface area (TPSA) is 64.6 Å². The number of ether oxygens (including phenoxy) is 2. The normalized spacial score (nSPS) is 11.6. The van der Waals surface area contributed by atoms with Gasteiger partial charge in [-0.25, -0.2) is 4.79 Å². The Morgan fingerprint density at radius 3 is 2.73 bits per heavy atom. The minimum Gasteiger partial charge on any atom is -0.484 e. The Labute approximate surface area is 139 Å². The highest BCUT2D eigenvalue weighted by molar-refractivity contribution is 7.98. The van der Waals surface area contributed by atoms with E-state index in [1.54, 1.807) is 30.0 Å². The van der Waals surface area contributed by atoms with Gasteiger partial charge in [-0.1, -0.05) is 11.6 Å². The average molecular weight is 346 g/mol. The fraction of sp³-hybridized carbons (Fsp3) is 0.467. The lowest BCUT2D eigenvalue weighted by molar-refractivity contribution is -0.145. The summed E-state index contributed by atoms with van der Waals surface area (Å²) < 4.78 is 10.1. The lowest BCUT2D eigenvalue weighted by Crippen LogP contribution is -2.43. The molecule has 0 fully saturated rings. The van der Waals surface area contributed by atoms with Crippen LogP contribution in [-0.2, 0) is 14.3 Å². The van der Waals surface area contributed by atoms with Crippen LogP contribution >= 0.6 is 23.4 Å². The Morgan fingerprint density at radius 1 is 1.41 bits per heavy atom. The molecular formula is C15H20ClNO4S. The summed E-state index contributed by atoms with van der Waals surface area (Å²) in [6.45, 7) is 1.68. The maximum Gasteiger partial charge on any atom is 0.328 e. The molecule has 7 heteroatoms. The Bertz CT molecular complexity index is 524. The summed E-state index contributed by atoms with van der Waals surface area (Å²) >= 11 is 7.52. The van der Waals surface area contributed by atoms with Gasteiger partial charge < -0.3 is 14.8 Å². The molecule has 0 aromatic heterocycles. The molecule has 0 radical (unpaired) electrons. The third-order valence-corrected chi connectivity index (χ3v) is 4.00. The second-order valence-corrected chi connectivity index (χ2v) is 6.02. The van der Waals surface area contributed by atoms with Gasteiger partial charge in [0.2, 0.25) is 0 Å². The summed E-state index contributed by atoms with van der Waals surface area (Å²) in [4.78, 5) is 23.5. The number of nitrogens with one attached hydrogen (secondary N) is 1. The van der Waals surface area contributed by atoms with E-state index in [1.807, 2.05) is 13.2 Å². The second kappa shape index (κ2) is 9.58. The molecule has 1 aromatic carbocycles. The first-order chi connectivity index (χ1) is 10.5. The van der Waals surface area contributed by atoms with Crippen LogP contribution in [0.3, 0.4) is 0 Å². The maximum atomic E-state index is 11.9. The summed E-state index contributed by atoms with van der Waals surface area (Å²) in [6.07, 6.45) is 2.45. The van der Waals surface area contributed by atoms with E-state index in [0.29, 0.717) is 17.2 Å². The molecule has 122 valence electrons. The molecule has 1 amide bonds. The van der Waals surface area contributed by atoms with Crippen molar-refractivity contribution in [3.8, 4) is 5.75 Å². The van der Waals surface area contributed by atoms with Crippen molar-refractivity contribution in [3.05, 3.63) is 28.8 Å². The number of hydrogen-bond donors (Lipinski definition) is 1. The third kappa shape index (κ3) is 6.15. The molecule has 5 nitrogen and oxygen atoms in total. The number of halogens is 1. The number of rotatable bonds is 8. The Hall–Kier alpha value is -1.40.